The fraction of sp³-hybridized carbons (Fsp3) is 0.455. The van der Waals surface area contributed by atoms with Gasteiger partial charge in [0.15, 0.2) is 0 Å². The first-order valence-corrected chi connectivity index (χ1v) is 4.96. The number of aryl methyl sites for hydroxylation is 2. The molecule has 1 atom stereocenters. The summed E-state index contributed by atoms with van der Waals surface area (Å²) < 4.78 is 0. The first-order chi connectivity index (χ1) is 6.06. The smallest absolute Gasteiger partial charge is 0.0456 e. The highest BCUT2D eigenvalue weighted by atomic mass is 35.5. The van der Waals surface area contributed by atoms with E-state index in [1.807, 2.05) is 6.07 Å². The Hall–Kier alpha value is -0.530. The molecule has 0 saturated heterocycles. The van der Waals surface area contributed by atoms with Crippen molar-refractivity contribution in [3.05, 3.63) is 33.8 Å². The molecule has 0 amide bonds. The molecule has 72 valence electrons. The fourth-order valence-electron chi connectivity index (χ4n) is 1.31. The second-order valence-corrected chi connectivity index (χ2v) is 3.88. The van der Waals surface area contributed by atoms with Crippen LogP contribution in [0.4, 0.5) is 0 Å². The van der Waals surface area contributed by atoms with E-state index in [1.54, 1.807) is 0 Å². The topological polar surface area (TPSA) is 26.0 Å². The summed E-state index contributed by atoms with van der Waals surface area (Å²) in [6.45, 7) is 6.20. The third kappa shape index (κ3) is 2.23. The van der Waals surface area contributed by atoms with Gasteiger partial charge in [0.05, 0.1) is 0 Å². The predicted octanol–water partition coefficient (Wildman–Crippen LogP) is 3.37. The molecule has 0 heterocycles. The SMILES string of the molecule is CCC(N)c1cc(C)c(C)cc1Cl. The number of rotatable bonds is 2. The van der Waals surface area contributed by atoms with Crippen LogP contribution in [0, 0.1) is 13.8 Å². The monoisotopic (exact) mass is 197 g/mol. The second-order valence-electron chi connectivity index (χ2n) is 3.47. The highest BCUT2D eigenvalue weighted by Gasteiger charge is 2.09. The van der Waals surface area contributed by atoms with Crippen molar-refractivity contribution in [2.45, 2.75) is 33.2 Å². The van der Waals surface area contributed by atoms with Crippen LogP contribution >= 0.6 is 11.6 Å². The van der Waals surface area contributed by atoms with Crippen LogP contribution in [0.1, 0.15) is 36.1 Å². The molecule has 13 heavy (non-hydrogen) atoms. The van der Waals surface area contributed by atoms with Crippen LogP contribution in [-0.4, -0.2) is 0 Å². The summed E-state index contributed by atoms with van der Waals surface area (Å²) >= 11 is 6.10. The van der Waals surface area contributed by atoms with Crippen LogP contribution in [0.25, 0.3) is 0 Å². The molecule has 0 aliphatic rings. The zero-order chi connectivity index (χ0) is 10.0. The molecule has 0 aliphatic heterocycles. The van der Waals surface area contributed by atoms with E-state index in [0.29, 0.717) is 0 Å². The molecular formula is C11H16ClN. The summed E-state index contributed by atoms with van der Waals surface area (Å²) in [4.78, 5) is 0. The van der Waals surface area contributed by atoms with Gasteiger partial charge in [-0.15, -0.1) is 0 Å². The Morgan fingerprint density at radius 3 is 2.38 bits per heavy atom. The highest BCUT2D eigenvalue weighted by Crippen LogP contribution is 2.26. The van der Waals surface area contributed by atoms with Gasteiger partial charge >= 0.3 is 0 Å². The largest absolute Gasteiger partial charge is 0.324 e. The zero-order valence-electron chi connectivity index (χ0n) is 8.39. The van der Waals surface area contributed by atoms with Crippen molar-refractivity contribution in [2.24, 2.45) is 5.73 Å². The van der Waals surface area contributed by atoms with Crippen LogP contribution < -0.4 is 5.73 Å². The Kier molecular flexibility index (Phi) is 3.34. The molecule has 0 spiro atoms. The quantitative estimate of drug-likeness (QED) is 0.773. The van der Waals surface area contributed by atoms with Crippen LogP contribution in [0.15, 0.2) is 12.1 Å². The maximum Gasteiger partial charge on any atom is 0.0456 e. The summed E-state index contributed by atoms with van der Waals surface area (Å²) in [6, 6.07) is 4.14. The van der Waals surface area contributed by atoms with Crippen LogP contribution in [-0.2, 0) is 0 Å². The van der Waals surface area contributed by atoms with Crippen molar-refractivity contribution in [1.82, 2.24) is 0 Å². The Labute approximate surface area is 84.9 Å². The van der Waals surface area contributed by atoms with Gasteiger partial charge in [-0.3, -0.25) is 0 Å². The molecular weight excluding hydrogens is 182 g/mol. The summed E-state index contributed by atoms with van der Waals surface area (Å²) in [6.07, 6.45) is 0.919. The summed E-state index contributed by atoms with van der Waals surface area (Å²) in [5.74, 6) is 0. The molecule has 0 aliphatic carbocycles. The van der Waals surface area contributed by atoms with Gasteiger partial charge in [-0.1, -0.05) is 24.6 Å². The van der Waals surface area contributed by atoms with Crippen molar-refractivity contribution in [2.75, 3.05) is 0 Å². The van der Waals surface area contributed by atoms with E-state index in [4.69, 9.17) is 17.3 Å². The number of benzene rings is 1. The third-order valence-electron chi connectivity index (χ3n) is 2.45. The van der Waals surface area contributed by atoms with Crippen molar-refractivity contribution in [1.29, 1.82) is 0 Å². The lowest BCUT2D eigenvalue weighted by Crippen LogP contribution is -2.09. The molecule has 0 aromatic heterocycles. The summed E-state index contributed by atoms with van der Waals surface area (Å²) in [5.41, 5.74) is 9.46. The summed E-state index contributed by atoms with van der Waals surface area (Å²) in [7, 11) is 0. The minimum Gasteiger partial charge on any atom is -0.324 e. The minimum atomic E-state index is 0.0619. The number of halogens is 1. The molecule has 1 aromatic carbocycles. The molecule has 0 saturated carbocycles. The van der Waals surface area contributed by atoms with Crippen molar-refractivity contribution < 1.29 is 0 Å². The molecule has 0 radical (unpaired) electrons. The zero-order valence-corrected chi connectivity index (χ0v) is 9.15. The molecule has 0 bridgehead atoms. The minimum absolute atomic E-state index is 0.0619. The van der Waals surface area contributed by atoms with Crippen molar-refractivity contribution >= 4 is 11.6 Å². The van der Waals surface area contributed by atoms with E-state index in [-0.39, 0.29) is 6.04 Å². The van der Waals surface area contributed by atoms with E-state index in [9.17, 15) is 0 Å². The van der Waals surface area contributed by atoms with Crippen molar-refractivity contribution in [3.63, 3.8) is 0 Å². The molecule has 0 fully saturated rings. The van der Waals surface area contributed by atoms with Crippen LogP contribution in [0.3, 0.4) is 0 Å². The molecule has 1 nitrogen and oxygen atoms in total. The van der Waals surface area contributed by atoms with Gasteiger partial charge < -0.3 is 5.73 Å². The molecule has 1 rings (SSSR count). The highest BCUT2D eigenvalue weighted by molar-refractivity contribution is 6.31. The van der Waals surface area contributed by atoms with Crippen LogP contribution in [0.2, 0.25) is 5.02 Å². The molecule has 2 heteroatoms. The van der Waals surface area contributed by atoms with Gasteiger partial charge in [-0.2, -0.15) is 0 Å². The van der Waals surface area contributed by atoms with E-state index in [2.05, 4.69) is 26.8 Å². The Bertz CT molecular complexity index is 307. The van der Waals surface area contributed by atoms with Gasteiger partial charge in [0, 0.05) is 11.1 Å². The molecule has 1 unspecified atom stereocenters. The Balaban J connectivity index is 3.15. The van der Waals surface area contributed by atoms with Gasteiger partial charge in [-0.05, 0) is 43.0 Å². The molecule has 1 aromatic rings. The van der Waals surface area contributed by atoms with E-state index in [1.165, 1.54) is 11.1 Å². The predicted molar refractivity (Wildman–Crippen MR) is 58.1 cm³/mol. The maximum absolute atomic E-state index is 6.10. The van der Waals surface area contributed by atoms with Gasteiger partial charge in [-0.25, -0.2) is 0 Å². The average molecular weight is 198 g/mol. The van der Waals surface area contributed by atoms with Gasteiger partial charge in [0.1, 0.15) is 0 Å². The summed E-state index contributed by atoms with van der Waals surface area (Å²) in [5, 5.41) is 0.789. The Morgan fingerprint density at radius 1 is 1.31 bits per heavy atom. The molecule has 2 N–H and O–H groups in total. The number of hydrogen-bond donors (Lipinski definition) is 1. The van der Waals surface area contributed by atoms with Gasteiger partial charge in [0.25, 0.3) is 0 Å². The van der Waals surface area contributed by atoms with E-state index >= 15 is 0 Å². The lowest BCUT2D eigenvalue weighted by atomic mass is 10.00. The lowest BCUT2D eigenvalue weighted by molar-refractivity contribution is 0.698. The standard InChI is InChI=1S/C11H16ClN/c1-4-11(13)9-5-7(2)8(3)6-10(9)12/h5-6,11H,4,13H2,1-3H3. The third-order valence-corrected chi connectivity index (χ3v) is 2.78. The van der Waals surface area contributed by atoms with E-state index < -0.39 is 0 Å². The fourth-order valence-corrected chi connectivity index (χ4v) is 1.67. The average Bonchev–Trinajstić information content (AvgIpc) is 2.10. The Morgan fingerprint density at radius 2 is 1.85 bits per heavy atom. The first kappa shape index (κ1) is 10.6. The van der Waals surface area contributed by atoms with E-state index in [0.717, 1.165) is 17.0 Å². The number of nitrogens with two attached hydrogens (primary N) is 1. The van der Waals surface area contributed by atoms with Crippen molar-refractivity contribution in [3.8, 4) is 0 Å². The second kappa shape index (κ2) is 4.12. The van der Waals surface area contributed by atoms with Crippen LogP contribution in [0.5, 0.6) is 0 Å². The normalized spacial score (nSPS) is 13.0. The first-order valence-electron chi connectivity index (χ1n) is 4.58. The van der Waals surface area contributed by atoms with Gasteiger partial charge in [0.2, 0.25) is 0 Å². The maximum atomic E-state index is 6.10. The lowest BCUT2D eigenvalue weighted by Gasteiger charge is -2.13. The number of hydrogen-bond acceptors (Lipinski definition) is 1.